The third-order valence-electron chi connectivity index (χ3n) is 5.50. The van der Waals surface area contributed by atoms with E-state index in [2.05, 4.69) is 15.7 Å². The van der Waals surface area contributed by atoms with Crippen LogP contribution in [-0.4, -0.2) is 27.9 Å². The highest BCUT2D eigenvalue weighted by Crippen LogP contribution is 2.43. The number of hydrogen-bond acceptors (Lipinski definition) is 4. The van der Waals surface area contributed by atoms with Gasteiger partial charge in [-0.3, -0.25) is 4.79 Å². The Hall–Kier alpha value is -2.45. The molecule has 0 spiro atoms. The topological polar surface area (TPSA) is 72.1 Å². The molecule has 152 valence electrons. The molecule has 9 heteroatoms. The zero-order valence-corrected chi connectivity index (χ0v) is 15.3. The molecule has 2 aliphatic rings. The zero-order valence-electron chi connectivity index (χ0n) is 15.3. The molecule has 2 N–H and O–H groups in total. The number of rotatable bonds is 3. The van der Waals surface area contributed by atoms with Gasteiger partial charge in [0.05, 0.1) is 12.3 Å². The van der Waals surface area contributed by atoms with Gasteiger partial charge in [-0.1, -0.05) is 25.7 Å². The minimum atomic E-state index is -4.48. The molecular formula is C19H23F3N4O2. The fourth-order valence-corrected chi connectivity index (χ4v) is 4.04. The number of furan rings is 1. The van der Waals surface area contributed by atoms with Crippen LogP contribution in [0.15, 0.2) is 28.9 Å². The molecule has 2 aromatic heterocycles. The lowest BCUT2D eigenvalue weighted by atomic mass is 10.0. The molecule has 1 amide bonds. The SMILES string of the molecule is O=C(NC1CCCCCC1)c1cc2n(n1)[C@H](C(F)(F)F)C[C@H](c1ccco1)N2. The predicted molar refractivity (Wildman–Crippen MR) is 96.0 cm³/mol. The highest BCUT2D eigenvalue weighted by molar-refractivity contribution is 5.93. The Bertz CT molecular complexity index is 808. The molecule has 2 aromatic rings. The van der Waals surface area contributed by atoms with Gasteiger partial charge in [-0.25, -0.2) is 4.68 Å². The molecule has 1 aliphatic carbocycles. The van der Waals surface area contributed by atoms with Crippen molar-refractivity contribution in [1.82, 2.24) is 15.1 Å². The predicted octanol–water partition coefficient (Wildman–Crippen LogP) is 4.59. The molecule has 1 aliphatic heterocycles. The lowest BCUT2D eigenvalue weighted by Crippen LogP contribution is -2.36. The van der Waals surface area contributed by atoms with Crippen LogP contribution in [0.2, 0.25) is 0 Å². The molecule has 3 heterocycles. The van der Waals surface area contributed by atoms with E-state index in [9.17, 15) is 18.0 Å². The minimum absolute atomic E-state index is 0.00101. The number of fused-ring (bicyclic) bond motifs is 1. The van der Waals surface area contributed by atoms with E-state index in [-0.39, 0.29) is 24.0 Å². The number of halogens is 3. The van der Waals surface area contributed by atoms with Crippen molar-refractivity contribution in [3.63, 3.8) is 0 Å². The van der Waals surface area contributed by atoms with Crippen LogP contribution in [0.1, 0.15) is 73.3 Å². The van der Waals surface area contributed by atoms with Gasteiger partial charge >= 0.3 is 6.18 Å². The van der Waals surface area contributed by atoms with Crippen molar-refractivity contribution in [2.45, 2.75) is 69.2 Å². The fourth-order valence-electron chi connectivity index (χ4n) is 4.04. The molecule has 4 rings (SSSR count). The lowest BCUT2D eigenvalue weighted by Gasteiger charge is -2.32. The first kappa shape index (κ1) is 18.9. The van der Waals surface area contributed by atoms with Crippen molar-refractivity contribution in [3.8, 4) is 0 Å². The summed E-state index contributed by atoms with van der Waals surface area (Å²) >= 11 is 0. The van der Waals surface area contributed by atoms with Crippen LogP contribution >= 0.6 is 0 Å². The molecule has 1 fully saturated rings. The highest BCUT2D eigenvalue weighted by atomic mass is 19.4. The Kier molecular flexibility index (Phi) is 5.07. The van der Waals surface area contributed by atoms with Crippen LogP contribution < -0.4 is 10.6 Å². The summed E-state index contributed by atoms with van der Waals surface area (Å²) in [5.41, 5.74) is 0.00101. The van der Waals surface area contributed by atoms with Gasteiger partial charge in [-0.15, -0.1) is 0 Å². The fraction of sp³-hybridized carbons (Fsp3) is 0.579. The van der Waals surface area contributed by atoms with Gasteiger partial charge < -0.3 is 15.1 Å². The van der Waals surface area contributed by atoms with E-state index in [1.807, 2.05) is 0 Å². The molecule has 28 heavy (non-hydrogen) atoms. The van der Waals surface area contributed by atoms with Crippen molar-refractivity contribution in [2.24, 2.45) is 0 Å². The first-order chi connectivity index (χ1) is 13.4. The summed E-state index contributed by atoms with van der Waals surface area (Å²) in [6.45, 7) is 0. The summed E-state index contributed by atoms with van der Waals surface area (Å²) in [4.78, 5) is 12.6. The molecule has 2 atom stereocenters. The Morgan fingerprint density at radius 1 is 1.25 bits per heavy atom. The van der Waals surface area contributed by atoms with Crippen molar-refractivity contribution in [1.29, 1.82) is 0 Å². The summed E-state index contributed by atoms with van der Waals surface area (Å²) in [5.74, 6) is 0.165. The summed E-state index contributed by atoms with van der Waals surface area (Å²) in [6.07, 6.45) is 2.87. The van der Waals surface area contributed by atoms with Crippen molar-refractivity contribution in [3.05, 3.63) is 35.9 Å². The van der Waals surface area contributed by atoms with E-state index < -0.39 is 24.2 Å². The maximum atomic E-state index is 13.6. The molecule has 0 aromatic carbocycles. The van der Waals surface area contributed by atoms with Gasteiger partial charge in [0.2, 0.25) is 0 Å². The van der Waals surface area contributed by atoms with Crippen LogP contribution in [0.25, 0.3) is 0 Å². The quantitative estimate of drug-likeness (QED) is 0.745. The van der Waals surface area contributed by atoms with E-state index in [1.54, 1.807) is 12.1 Å². The lowest BCUT2D eigenvalue weighted by molar-refractivity contribution is -0.174. The summed E-state index contributed by atoms with van der Waals surface area (Å²) in [5, 5.41) is 9.95. The number of hydrogen-bond donors (Lipinski definition) is 2. The Morgan fingerprint density at radius 3 is 2.64 bits per heavy atom. The molecule has 0 saturated heterocycles. The van der Waals surface area contributed by atoms with Crippen LogP contribution in [0, 0.1) is 0 Å². The van der Waals surface area contributed by atoms with E-state index >= 15 is 0 Å². The first-order valence-corrected chi connectivity index (χ1v) is 9.69. The maximum Gasteiger partial charge on any atom is 0.410 e. The van der Waals surface area contributed by atoms with Crippen LogP contribution in [-0.2, 0) is 0 Å². The Labute approximate surface area is 160 Å². The van der Waals surface area contributed by atoms with Crippen molar-refractivity contribution < 1.29 is 22.4 Å². The molecule has 1 saturated carbocycles. The Morgan fingerprint density at radius 2 is 2.00 bits per heavy atom. The minimum Gasteiger partial charge on any atom is -0.467 e. The molecular weight excluding hydrogens is 373 g/mol. The summed E-state index contributed by atoms with van der Waals surface area (Å²) in [6, 6.07) is 2.26. The molecule has 0 bridgehead atoms. The number of anilines is 1. The van der Waals surface area contributed by atoms with Gasteiger partial charge in [0.1, 0.15) is 11.6 Å². The van der Waals surface area contributed by atoms with Gasteiger partial charge in [-0.2, -0.15) is 18.3 Å². The largest absolute Gasteiger partial charge is 0.467 e. The van der Waals surface area contributed by atoms with E-state index in [0.29, 0.717) is 5.76 Å². The Balaban J connectivity index is 1.57. The number of carbonyl (C=O) groups excluding carboxylic acids is 1. The van der Waals surface area contributed by atoms with Gasteiger partial charge in [0, 0.05) is 18.5 Å². The van der Waals surface area contributed by atoms with Gasteiger partial charge in [0.25, 0.3) is 5.91 Å². The number of nitrogens with zero attached hydrogens (tertiary/aromatic N) is 2. The second kappa shape index (κ2) is 7.52. The third-order valence-corrected chi connectivity index (χ3v) is 5.50. The second-order valence-corrected chi connectivity index (χ2v) is 7.53. The number of nitrogens with one attached hydrogen (secondary N) is 2. The van der Waals surface area contributed by atoms with Crippen LogP contribution in [0.5, 0.6) is 0 Å². The van der Waals surface area contributed by atoms with Crippen LogP contribution in [0.3, 0.4) is 0 Å². The first-order valence-electron chi connectivity index (χ1n) is 9.69. The van der Waals surface area contributed by atoms with Crippen molar-refractivity contribution in [2.75, 3.05) is 5.32 Å². The van der Waals surface area contributed by atoms with E-state index in [1.165, 1.54) is 12.3 Å². The van der Waals surface area contributed by atoms with Crippen molar-refractivity contribution >= 4 is 11.7 Å². The summed E-state index contributed by atoms with van der Waals surface area (Å²) < 4.78 is 47.1. The standard InChI is InChI=1S/C19H23F3N4O2/c20-19(21,22)16-10-13(15-8-5-9-28-15)24-17-11-14(25-26(16)17)18(27)23-12-6-3-1-2-4-7-12/h5,8-9,11-13,16,24H,1-4,6-7,10H2,(H,23,27)/t13-,16+/m1/s1. The van der Waals surface area contributed by atoms with E-state index in [0.717, 1.165) is 43.2 Å². The third kappa shape index (κ3) is 3.88. The number of alkyl halides is 3. The monoisotopic (exact) mass is 396 g/mol. The number of aromatic nitrogens is 2. The summed E-state index contributed by atoms with van der Waals surface area (Å²) in [7, 11) is 0. The van der Waals surface area contributed by atoms with Crippen LogP contribution in [0.4, 0.5) is 19.0 Å². The maximum absolute atomic E-state index is 13.6. The average Bonchev–Trinajstić information content (AvgIpc) is 3.26. The zero-order chi connectivity index (χ0) is 19.7. The highest BCUT2D eigenvalue weighted by Gasteiger charge is 2.47. The normalized spacial score (nSPS) is 23.5. The van der Waals surface area contributed by atoms with E-state index in [4.69, 9.17) is 4.42 Å². The molecule has 0 radical (unpaired) electrons. The van der Waals surface area contributed by atoms with Gasteiger partial charge in [-0.05, 0) is 25.0 Å². The number of carbonyl (C=O) groups is 1. The molecule has 0 unspecified atom stereocenters. The van der Waals surface area contributed by atoms with Gasteiger partial charge in [0.15, 0.2) is 11.7 Å². The smallest absolute Gasteiger partial charge is 0.410 e. The average molecular weight is 396 g/mol. The molecule has 6 nitrogen and oxygen atoms in total. The number of amides is 1. The second-order valence-electron chi connectivity index (χ2n) is 7.53.